The van der Waals surface area contributed by atoms with E-state index in [0.717, 1.165) is 19.4 Å². The zero-order valence-corrected chi connectivity index (χ0v) is 16.9. The van der Waals surface area contributed by atoms with Gasteiger partial charge in [-0.25, -0.2) is 0 Å². The molecule has 0 spiro atoms. The van der Waals surface area contributed by atoms with Crippen LogP contribution in [0.15, 0.2) is 70.3 Å². The number of furan rings is 1. The molecule has 1 amide bonds. The lowest BCUT2D eigenvalue weighted by molar-refractivity contribution is 0.0933. The van der Waals surface area contributed by atoms with Gasteiger partial charge in [-0.05, 0) is 37.1 Å². The Kier molecular flexibility index (Phi) is 5.13. The fourth-order valence-corrected chi connectivity index (χ4v) is 3.88. The maximum atomic E-state index is 13.1. The Bertz CT molecular complexity index is 1200. The molecule has 8 nitrogen and oxygen atoms in total. The van der Waals surface area contributed by atoms with Gasteiger partial charge >= 0.3 is 0 Å². The second-order valence-electron chi connectivity index (χ2n) is 7.58. The Balaban J connectivity index is 1.55. The minimum atomic E-state index is -0.319. The number of pyridine rings is 1. The Labute approximate surface area is 178 Å². The van der Waals surface area contributed by atoms with Crippen molar-refractivity contribution in [2.45, 2.75) is 32.0 Å². The molecule has 2 aromatic rings. The third-order valence-electron chi connectivity index (χ3n) is 5.41. The van der Waals surface area contributed by atoms with Crippen LogP contribution in [0.4, 0.5) is 0 Å². The van der Waals surface area contributed by atoms with E-state index < -0.39 is 0 Å². The largest absolute Gasteiger partial charge is 0.467 e. The highest BCUT2D eigenvalue weighted by atomic mass is 16.5. The van der Waals surface area contributed by atoms with E-state index in [-0.39, 0.29) is 24.1 Å². The summed E-state index contributed by atoms with van der Waals surface area (Å²) in [7, 11) is 0. The maximum Gasteiger partial charge on any atom is 0.282 e. The number of carbonyl (C=O) groups excluding carboxylic acids is 1. The number of fused-ring (bicyclic) bond motifs is 1. The van der Waals surface area contributed by atoms with E-state index in [0.29, 0.717) is 34.8 Å². The molecule has 0 bridgehead atoms. The Morgan fingerprint density at radius 1 is 1.16 bits per heavy atom. The minimum absolute atomic E-state index is 0.0701. The Morgan fingerprint density at radius 3 is 2.77 bits per heavy atom. The second-order valence-corrected chi connectivity index (χ2v) is 7.58. The van der Waals surface area contributed by atoms with E-state index in [4.69, 9.17) is 9.15 Å². The number of hydrogen-bond donors (Lipinski definition) is 1. The molecular weight excluding hydrogens is 396 g/mol. The Morgan fingerprint density at radius 2 is 2.03 bits per heavy atom. The molecule has 1 atom stereocenters. The third-order valence-corrected chi connectivity index (χ3v) is 5.41. The number of nitrogens with zero attached hydrogens (tertiary/aromatic N) is 3. The van der Waals surface area contributed by atoms with Gasteiger partial charge in [-0.15, -0.1) is 0 Å². The van der Waals surface area contributed by atoms with Gasteiger partial charge in [0.25, 0.3) is 11.5 Å². The van der Waals surface area contributed by atoms with Crippen molar-refractivity contribution < 1.29 is 13.9 Å². The van der Waals surface area contributed by atoms with E-state index >= 15 is 0 Å². The van der Waals surface area contributed by atoms with E-state index in [2.05, 4.69) is 10.4 Å². The molecule has 158 valence electrons. The van der Waals surface area contributed by atoms with Gasteiger partial charge in [0, 0.05) is 25.5 Å². The number of ether oxygens (including phenoxy) is 1. The number of carbonyl (C=O) groups is 1. The maximum absolute atomic E-state index is 13.1. The molecule has 0 saturated carbocycles. The van der Waals surface area contributed by atoms with Gasteiger partial charge in [0.05, 0.1) is 35.7 Å². The normalized spacial score (nSPS) is 16.1. The summed E-state index contributed by atoms with van der Waals surface area (Å²) in [6.45, 7) is 1.56. The molecule has 3 aliphatic heterocycles. The smallest absolute Gasteiger partial charge is 0.282 e. The van der Waals surface area contributed by atoms with Crippen LogP contribution >= 0.6 is 0 Å². The molecule has 1 N–H and O–H groups in total. The molecule has 1 saturated heterocycles. The lowest BCUT2D eigenvalue weighted by Crippen LogP contribution is -2.25. The standard InChI is InChI=1S/C23H22N4O4/c28-22(24-12-17-8-4-10-30-17)19-14-26(13-18-9-5-11-31-18)15-20-21(19)25-27(23(20)29)16-6-2-1-3-7-16/h1-4,6-8,10,14-15,18H,5,9,11-13H2,(H,24,28). The molecule has 4 heterocycles. The van der Waals surface area contributed by atoms with E-state index in [1.165, 1.54) is 4.68 Å². The first-order valence-corrected chi connectivity index (χ1v) is 10.3. The van der Waals surface area contributed by atoms with Crippen LogP contribution in [0.1, 0.15) is 29.0 Å². The van der Waals surface area contributed by atoms with Gasteiger partial charge in [-0.1, -0.05) is 18.2 Å². The molecule has 0 aliphatic carbocycles. The first-order chi connectivity index (χ1) is 15.2. The van der Waals surface area contributed by atoms with Crippen molar-refractivity contribution in [3.8, 4) is 16.9 Å². The highest BCUT2D eigenvalue weighted by Crippen LogP contribution is 2.24. The summed E-state index contributed by atoms with van der Waals surface area (Å²) in [5.74, 6) is 0.327. The van der Waals surface area contributed by atoms with E-state index in [9.17, 15) is 9.59 Å². The minimum Gasteiger partial charge on any atom is -0.467 e. The van der Waals surface area contributed by atoms with E-state index in [1.54, 1.807) is 30.8 Å². The van der Waals surface area contributed by atoms with Crippen LogP contribution in [0.2, 0.25) is 0 Å². The Hall–Kier alpha value is -3.65. The summed E-state index contributed by atoms with van der Waals surface area (Å²) < 4.78 is 14.2. The SMILES string of the molecule is O=C(NCc1ccco1)c1cn(CC2CCCO2)cc2c(=O)n(-c3ccccc3)nc1-2. The van der Waals surface area contributed by atoms with Crippen molar-refractivity contribution in [1.29, 1.82) is 0 Å². The monoisotopic (exact) mass is 418 g/mol. The molecule has 1 unspecified atom stereocenters. The quantitative estimate of drug-likeness (QED) is 0.520. The number of nitrogens with one attached hydrogen (secondary N) is 1. The summed E-state index contributed by atoms with van der Waals surface area (Å²) in [5, 5.41) is 7.35. The van der Waals surface area contributed by atoms with Crippen LogP contribution < -0.4 is 10.9 Å². The predicted molar refractivity (Wildman–Crippen MR) is 113 cm³/mol. The molecule has 1 aromatic carbocycles. The molecule has 1 fully saturated rings. The van der Waals surface area contributed by atoms with Crippen molar-refractivity contribution in [3.05, 3.63) is 82.8 Å². The van der Waals surface area contributed by atoms with Gasteiger partial charge in [0.1, 0.15) is 11.5 Å². The van der Waals surface area contributed by atoms with Crippen LogP contribution in [0.5, 0.6) is 0 Å². The van der Waals surface area contributed by atoms with Gasteiger partial charge in [-0.2, -0.15) is 9.78 Å². The van der Waals surface area contributed by atoms with Gasteiger partial charge in [-0.3, -0.25) is 9.59 Å². The molecule has 1 aromatic heterocycles. The number of aromatic nitrogens is 3. The van der Waals surface area contributed by atoms with E-state index in [1.807, 2.05) is 34.9 Å². The molecule has 3 aliphatic rings. The topological polar surface area (TPSA) is 91.3 Å². The molecule has 0 radical (unpaired) electrons. The molecule has 5 rings (SSSR count). The van der Waals surface area contributed by atoms with Crippen molar-refractivity contribution >= 4 is 5.91 Å². The van der Waals surface area contributed by atoms with Gasteiger partial charge in [0.2, 0.25) is 0 Å². The van der Waals surface area contributed by atoms with Crippen molar-refractivity contribution in [2.24, 2.45) is 0 Å². The molecular formula is C23H22N4O4. The zero-order valence-electron chi connectivity index (χ0n) is 16.9. The summed E-state index contributed by atoms with van der Waals surface area (Å²) in [4.78, 5) is 26.2. The van der Waals surface area contributed by atoms with Crippen molar-refractivity contribution in [1.82, 2.24) is 19.7 Å². The third kappa shape index (κ3) is 3.89. The number of para-hydroxylation sites is 1. The lowest BCUT2D eigenvalue weighted by atomic mass is 10.1. The van der Waals surface area contributed by atoms with Crippen molar-refractivity contribution in [2.75, 3.05) is 6.61 Å². The van der Waals surface area contributed by atoms with Crippen LogP contribution in [0.25, 0.3) is 16.9 Å². The average molecular weight is 418 g/mol. The van der Waals surface area contributed by atoms with Gasteiger partial charge < -0.3 is 19.0 Å². The first-order valence-electron chi connectivity index (χ1n) is 10.3. The summed E-state index contributed by atoms with van der Waals surface area (Å²) in [6, 6.07) is 12.7. The highest BCUT2D eigenvalue weighted by Gasteiger charge is 2.25. The van der Waals surface area contributed by atoms with Crippen LogP contribution in [-0.2, 0) is 17.8 Å². The lowest BCUT2D eigenvalue weighted by Gasteiger charge is -2.15. The average Bonchev–Trinajstić information content (AvgIpc) is 3.55. The number of benzene rings is 1. The highest BCUT2D eigenvalue weighted by molar-refractivity contribution is 5.99. The summed E-state index contributed by atoms with van der Waals surface area (Å²) >= 11 is 0. The van der Waals surface area contributed by atoms with Crippen molar-refractivity contribution in [3.63, 3.8) is 0 Å². The summed E-state index contributed by atoms with van der Waals surface area (Å²) in [5.41, 5.74) is 1.50. The number of amides is 1. The van der Waals surface area contributed by atoms with Crippen LogP contribution in [0.3, 0.4) is 0 Å². The first kappa shape index (κ1) is 19.3. The van der Waals surface area contributed by atoms with Gasteiger partial charge in [0.15, 0.2) is 0 Å². The fraction of sp³-hybridized carbons (Fsp3) is 0.261. The van der Waals surface area contributed by atoms with Crippen LogP contribution in [0, 0.1) is 0 Å². The summed E-state index contributed by atoms with van der Waals surface area (Å²) in [6.07, 6.45) is 7.10. The molecule has 8 heteroatoms. The second kappa shape index (κ2) is 8.23. The zero-order chi connectivity index (χ0) is 21.2. The number of rotatable bonds is 6. The predicted octanol–water partition coefficient (Wildman–Crippen LogP) is 2.84. The molecule has 31 heavy (non-hydrogen) atoms. The number of hydrogen-bond acceptors (Lipinski definition) is 5. The van der Waals surface area contributed by atoms with Crippen LogP contribution in [-0.4, -0.2) is 33.0 Å². The fourth-order valence-electron chi connectivity index (χ4n) is 3.88.